The summed E-state index contributed by atoms with van der Waals surface area (Å²) >= 11 is 0. The molecule has 1 aliphatic rings. The van der Waals surface area contributed by atoms with Crippen molar-refractivity contribution in [1.29, 1.82) is 0 Å². The third-order valence-electron chi connectivity index (χ3n) is 4.70. The summed E-state index contributed by atoms with van der Waals surface area (Å²) in [4.78, 5) is 17.1. The smallest absolute Gasteiger partial charge is 0.226 e. The summed E-state index contributed by atoms with van der Waals surface area (Å²) in [6.07, 6.45) is 1.89. The van der Waals surface area contributed by atoms with Crippen molar-refractivity contribution in [2.45, 2.75) is 58.2 Å². The number of hydrogen-bond acceptors (Lipinski definition) is 3. The van der Waals surface area contributed by atoms with Gasteiger partial charge in [0, 0.05) is 6.04 Å². The predicted molar refractivity (Wildman–Crippen MR) is 90.0 cm³/mol. The lowest BCUT2D eigenvalue weighted by Crippen LogP contribution is -2.37. The van der Waals surface area contributed by atoms with Gasteiger partial charge in [0.1, 0.15) is 5.82 Å². The Hall–Kier alpha value is -1.88. The normalized spacial score (nSPS) is 22.7. The fraction of sp³-hybridized carbons (Fsp3) is 0.556. The van der Waals surface area contributed by atoms with E-state index in [0.29, 0.717) is 0 Å². The lowest BCUT2D eigenvalue weighted by atomic mass is 10.0. The monoisotopic (exact) mass is 315 g/mol. The first-order chi connectivity index (χ1) is 11.0. The van der Waals surface area contributed by atoms with Gasteiger partial charge in [0.2, 0.25) is 5.91 Å². The number of carbonyl (C=O) groups is 1. The largest absolute Gasteiger partial charge is 0.392 e. The van der Waals surface area contributed by atoms with Gasteiger partial charge >= 0.3 is 0 Å². The predicted octanol–water partition coefficient (Wildman–Crippen LogP) is 2.96. The fourth-order valence-corrected chi connectivity index (χ4v) is 3.54. The summed E-state index contributed by atoms with van der Waals surface area (Å²) in [7, 11) is 0. The Morgan fingerprint density at radius 1 is 1.30 bits per heavy atom. The minimum atomic E-state index is -0.508. The molecule has 5 nitrogen and oxygen atoms in total. The minimum absolute atomic E-state index is 0.0649. The maximum absolute atomic E-state index is 12.4. The molecule has 1 amide bonds. The van der Waals surface area contributed by atoms with E-state index in [9.17, 15) is 9.90 Å². The van der Waals surface area contributed by atoms with E-state index in [4.69, 9.17) is 4.98 Å². The summed E-state index contributed by atoms with van der Waals surface area (Å²) in [6.45, 7) is 6.19. The fourth-order valence-electron chi connectivity index (χ4n) is 3.54. The molecule has 1 heterocycles. The van der Waals surface area contributed by atoms with Crippen molar-refractivity contribution in [1.82, 2.24) is 14.9 Å². The Kier molecular flexibility index (Phi) is 4.39. The van der Waals surface area contributed by atoms with Gasteiger partial charge in [-0.1, -0.05) is 12.1 Å². The summed E-state index contributed by atoms with van der Waals surface area (Å²) in [5, 5.41) is 13.0. The number of rotatable bonds is 4. The van der Waals surface area contributed by atoms with Gasteiger partial charge in [-0.3, -0.25) is 4.79 Å². The molecule has 124 valence electrons. The first kappa shape index (κ1) is 16.0. The number of nitrogens with one attached hydrogen (secondary N) is 1. The summed E-state index contributed by atoms with van der Waals surface area (Å²) in [6, 6.07) is 8.10. The van der Waals surface area contributed by atoms with E-state index in [2.05, 4.69) is 29.8 Å². The Morgan fingerprint density at radius 2 is 2.04 bits per heavy atom. The number of aliphatic hydroxyl groups excluding tert-OH is 1. The Bertz CT molecular complexity index is 707. The molecule has 0 spiro atoms. The van der Waals surface area contributed by atoms with Crippen LogP contribution in [0.5, 0.6) is 0 Å². The van der Waals surface area contributed by atoms with Crippen molar-refractivity contribution in [3.05, 3.63) is 30.1 Å². The van der Waals surface area contributed by atoms with Crippen molar-refractivity contribution in [2.75, 3.05) is 0 Å². The van der Waals surface area contributed by atoms with Crippen LogP contribution >= 0.6 is 0 Å². The molecule has 23 heavy (non-hydrogen) atoms. The number of carbonyl (C=O) groups excluding carboxylic acids is 1. The van der Waals surface area contributed by atoms with Gasteiger partial charge in [-0.2, -0.15) is 0 Å². The van der Waals surface area contributed by atoms with Crippen LogP contribution in [0.4, 0.5) is 0 Å². The maximum atomic E-state index is 12.4. The number of aromatic nitrogens is 2. The van der Waals surface area contributed by atoms with Gasteiger partial charge in [0.05, 0.1) is 29.1 Å². The molecule has 5 heteroatoms. The van der Waals surface area contributed by atoms with Crippen molar-refractivity contribution >= 4 is 16.9 Å². The number of fused-ring (bicyclic) bond motifs is 1. The SMILES string of the molecule is CC(NC(=O)C1CCCC1O)c1nc2ccccc2n1C(C)C. The van der Waals surface area contributed by atoms with E-state index < -0.39 is 6.10 Å². The molecular weight excluding hydrogens is 290 g/mol. The molecule has 2 aromatic rings. The summed E-state index contributed by atoms with van der Waals surface area (Å²) < 4.78 is 2.17. The second-order valence-electron chi connectivity index (χ2n) is 6.76. The first-order valence-corrected chi connectivity index (χ1v) is 8.44. The van der Waals surface area contributed by atoms with E-state index in [1.807, 2.05) is 25.1 Å². The van der Waals surface area contributed by atoms with Crippen molar-refractivity contribution in [2.24, 2.45) is 5.92 Å². The third kappa shape index (κ3) is 2.98. The zero-order valence-corrected chi connectivity index (χ0v) is 14.0. The Labute approximate surface area is 136 Å². The second-order valence-corrected chi connectivity index (χ2v) is 6.76. The highest BCUT2D eigenvalue weighted by Crippen LogP contribution is 2.28. The molecule has 0 saturated heterocycles. The molecule has 1 aliphatic carbocycles. The van der Waals surface area contributed by atoms with Gasteiger partial charge in [0.25, 0.3) is 0 Å². The van der Waals surface area contributed by atoms with Gasteiger partial charge in [-0.25, -0.2) is 4.98 Å². The number of para-hydroxylation sites is 2. The molecule has 1 aromatic carbocycles. The zero-order chi connectivity index (χ0) is 16.6. The van der Waals surface area contributed by atoms with Crippen LogP contribution in [-0.2, 0) is 4.79 Å². The van der Waals surface area contributed by atoms with E-state index in [1.165, 1.54) is 0 Å². The van der Waals surface area contributed by atoms with Crippen LogP contribution in [0.15, 0.2) is 24.3 Å². The van der Waals surface area contributed by atoms with Gasteiger partial charge in [-0.15, -0.1) is 0 Å². The molecule has 1 fully saturated rings. The third-order valence-corrected chi connectivity index (χ3v) is 4.70. The Morgan fingerprint density at radius 3 is 2.70 bits per heavy atom. The topological polar surface area (TPSA) is 67.2 Å². The molecule has 1 saturated carbocycles. The number of nitrogens with zero attached hydrogens (tertiary/aromatic N) is 2. The highest BCUT2D eigenvalue weighted by Gasteiger charge is 2.32. The van der Waals surface area contributed by atoms with Crippen LogP contribution in [0.3, 0.4) is 0 Å². The number of hydrogen-bond donors (Lipinski definition) is 2. The van der Waals surface area contributed by atoms with E-state index >= 15 is 0 Å². The highest BCUT2D eigenvalue weighted by atomic mass is 16.3. The Balaban J connectivity index is 1.87. The van der Waals surface area contributed by atoms with Crippen molar-refractivity contribution in [3.8, 4) is 0 Å². The van der Waals surface area contributed by atoms with Gasteiger partial charge < -0.3 is 15.0 Å². The molecule has 0 radical (unpaired) electrons. The molecule has 3 unspecified atom stereocenters. The zero-order valence-electron chi connectivity index (χ0n) is 14.0. The molecule has 3 rings (SSSR count). The lowest BCUT2D eigenvalue weighted by molar-refractivity contribution is -0.128. The van der Waals surface area contributed by atoms with E-state index in [0.717, 1.165) is 36.1 Å². The first-order valence-electron chi connectivity index (χ1n) is 8.44. The quantitative estimate of drug-likeness (QED) is 0.911. The van der Waals surface area contributed by atoms with E-state index in [-0.39, 0.29) is 23.9 Å². The van der Waals surface area contributed by atoms with Gasteiger partial charge in [0.15, 0.2) is 0 Å². The lowest BCUT2D eigenvalue weighted by Gasteiger charge is -2.21. The van der Waals surface area contributed by atoms with Crippen LogP contribution in [0.1, 0.15) is 57.9 Å². The van der Waals surface area contributed by atoms with Crippen molar-refractivity contribution < 1.29 is 9.90 Å². The molecule has 2 N–H and O–H groups in total. The van der Waals surface area contributed by atoms with Crippen LogP contribution < -0.4 is 5.32 Å². The number of aliphatic hydroxyl groups is 1. The second kappa shape index (κ2) is 6.32. The minimum Gasteiger partial charge on any atom is -0.392 e. The number of amides is 1. The number of benzene rings is 1. The summed E-state index contributed by atoms with van der Waals surface area (Å²) in [5.74, 6) is 0.515. The average molecular weight is 315 g/mol. The molecule has 0 aliphatic heterocycles. The number of imidazole rings is 1. The summed E-state index contributed by atoms with van der Waals surface area (Å²) in [5.41, 5.74) is 2.03. The molecular formula is C18H25N3O2. The van der Waals surface area contributed by atoms with Gasteiger partial charge in [-0.05, 0) is 52.2 Å². The molecule has 0 bridgehead atoms. The van der Waals surface area contributed by atoms with Crippen molar-refractivity contribution in [3.63, 3.8) is 0 Å². The van der Waals surface area contributed by atoms with E-state index in [1.54, 1.807) is 0 Å². The average Bonchev–Trinajstić information content (AvgIpc) is 3.10. The van der Waals surface area contributed by atoms with Crippen LogP contribution in [0.2, 0.25) is 0 Å². The maximum Gasteiger partial charge on any atom is 0.226 e. The van der Waals surface area contributed by atoms with Crippen LogP contribution in [0.25, 0.3) is 11.0 Å². The molecule has 3 atom stereocenters. The van der Waals surface area contributed by atoms with Crippen LogP contribution in [-0.4, -0.2) is 26.7 Å². The standard InChI is InChI=1S/C18H25N3O2/c1-11(2)21-15-9-5-4-8-14(15)20-17(21)12(3)19-18(23)13-7-6-10-16(13)22/h4-5,8-9,11-13,16,22H,6-7,10H2,1-3H3,(H,19,23). The van der Waals surface area contributed by atoms with Crippen LogP contribution in [0, 0.1) is 5.92 Å². The highest BCUT2D eigenvalue weighted by molar-refractivity contribution is 5.80. The molecule has 1 aromatic heterocycles.